The van der Waals surface area contributed by atoms with Crippen molar-refractivity contribution in [1.29, 1.82) is 0 Å². The van der Waals surface area contributed by atoms with Crippen LogP contribution in [0.4, 0.5) is 4.39 Å². The number of aliphatic hydroxyl groups is 1. The first-order chi connectivity index (χ1) is 13.8. The van der Waals surface area contributed by atoms with Gasteiger partial charge in [0, 0.05) is 17.0 Å². The number of nitrogens with zero attached hydrogens (tertiary/aromatic N) is 1. The standard InChI is InChI=1S/C23H22FNO4/c1-14(2)25-22(15-7-9-16(24)10-8-15)19(12-11-17(26)13-21(27)28)18-5-3-4-6-20(18)23(25)29/h3-12,14,17,26H,13H2,1-2H3,(H,27,28)/b12-11+. The van der Waals surface area contributed by atoms with Gasteiger partial charge in [0.25, 0.3) is 5.56 Å². The maximum Gasteiger partial charge on any atom is 0.306 e. The highest BCUT2D eigenvalue weighted by atomic mass is 19.1. The Morgan fingerprint density at radius 2 is 1.72 bits per heavy atom. The molecule has 0 aliphatic rings. The second kappa shape index (κ2) is 8.41. The van der Waals surface area contributed by atoms with Gasteiger partial charge in [0.05, 0.1) is 18.2 Å². The minimum Gasteiger partial charge on any atom is -0.481 e. The van der Waals surface area contributed by atoms with Gasteiger partial charge < -0.3 is 14.8 Å². The van der Waals surface area contributed by atoms with E-state index in [0.29, 0.717) is 27.6 Å². The summed E-state index contributed by atoms with van der Waals surface area (Å²) in [6.07, 6.45) is 1.43. The number of carboxylic acid groups (broad SMARTS) is 1. The van der Waals surface area contributed by atoms with Crippen molar-refractivity contribution in [2.45, 2.75) is 32.4 Å². The van der Waals surface area contributed by atoms with Crippen LogP contribution in [0.3, 0.4) is 0 Å². The summed E-state index contributed by atoms with van der Waals surface area (Å²) >= 11 is 0. The fourth-order valence-corrected chi connectivity index (χ4v) is 3.41. The summed E-state index contributed by atoms with van der Waals surface area (Å²) in [5.41, 5.74) is 1.72. The number of pyridine rings is 1. The molecule has 0 aliphatic carbocycles. The van der Waals surface area contributed by atoms with Gasteiger partial charge in [-0.2, -0.15) is 0 Å². The summed E-state index contributed by atoms with van der Waals surface area (Å²) in [6, 6.07) is 12.8. The van der Waals surface area contributed by atoms with Gasteiger partial charge in [-0.1, -0.05) is 30.4 Å². The lowest BCUT2D eigenvalue weighted by atomic mass is 9.97. The molecule has 0 saturated heterocycles. The molecule has 0 bridgehead atoms. The minimum absolute atomic E-state index is 0.168. The van der Waals surface area contributed by atoms with E-state index in [0.717, 1.165) is 0 Å². The third-order valence-electron chi connectivity index (χ3n) is 4.67. The lowest BCUT2D eigenvalue weighted by Gasteiger charge is -2.21. The van der Waals surface area contributed by atoms with E-state index in [4.69, 9.17) is 5.11 Å². The number of carboxylic acids is 1. The van der Waals surface area contributed by atoms with Crippen molar-refractivity contribution in [2.75, 3.05) is 0 Å². The van der Waals surface area contributed by atoms with Gasteiger partial charge in [-0.05, 0) is 55.1 Å². The predicted molar refractivity (Wildman–Crippen MR) is 111 cm³/mol. The maximum absolute atomic E-state index is 13.5. The van der Waals surface area contributed by atoms with Crippen LogP contribution in [0, 0.1) is 5.82 Å². The molecule has 0 spiro atoms. The highest BCUT2D eigenvalue weighted by Crippen LogP contribution is 2.32. The Bertz CT molecular complexity index is 1130. The third-order valence-corrected chi connectivity index (χ3v) is 4.67. The van der Waals surface area contributed by atoms with Crippen LogP contribution >= 0.6 is 0 Å². The Kier molecular flexibility index (Phi) is 5.94. The van der Waals surface area contributed by atoms with Crippen molar-refractivity contribution >= 4 is 22.8 Å². The van der Waals surface area contributed by atoms with E-state index in [1.807, 2.05) is 13.8 Å². The van der Waals surface area contributed by atoms with Crippen molar-refractivity contribution in [2.24, 2.45) is 0 Å². The van der Waals surface area contributed by atoms with Crippen molar-refractivity contribution in [3.8, 4) is 11.3 Å². The number of aromatic nitrogens is 1. The second-order valence-electron chi connectivity index (χ2n) is 7.11. The number of halogens is 1. The van der Waals surface area contributed by atoms with Crippen LogP contribution in [0.25, 0.3) is 28.1 Å². The first-order valence-corrected chi connectivity index (χ1v) is 9.31. The largest absolute Gasteiger partial charge is 0.481 e. The molecule has 0 radical (unpaired) electrons. The van der Waals surface area contributed by atoms with Crippen molar-refractivity contribution in [3.63, 3.8) is 0 Å². The predicted octanol–water partition coefficient (Wildman–Crippen LogP) is 4.24. The van der Waals surface area contributed by atoms with Gasteiger partial charge in [-0.3, -0.25) is 9.59 Å². The molecular formula is C23H22FNO4. The molecule has 0 saturated carbocycles. The van der Waals surface area contributed by atoms with E-state index < -0.39 is 18.5 Å². The van der Waals surface area contributed by atoms with E-state index in [9.17, 15) is 19.1 Å². The maximum atomic E-state index is 13.5. The zero-order valence-corrected chi connectivity index (χ0v) is 16.2. The van der Waals surface area contributed by atoms with Crippen LogP contribution in [0.2, 0.25) is 0 Å². The number of rotatable bonds is 6. The van der Waals surface area contributed by atoms with Crippen LogP contribution in [-0.2, 0) is 4.79 Å². The minimum atomic E-state index is -1.17. The van der Waals surface area contributed by atoms with Crippen LogP contribution in [0.5, 0.6) is 0 Å². The quantitative estimate of drug-likeness (QED) is 0.654. The molecule has 3 aromatic rings. The number of aliphatic hydroxyl groups excluding tert-OH is 1. The molecule has 0 fully saturated rings. The zero-order valence-electron chi connectivity index (χ0n) is 16.2. The monoisotopic (exact) mass is 395 g/mol. The zero-order chi connectivity index (χ0) is 21.1. The third kappa shape index (κ3) is 4.27. The van der Waals surface area contributed by atoms with Gasteiger partial charge in [0.15, 0.2) is 0 Å². The van der Waals surface area contributed by atoms with E-state index in [1.165, 1.54) is 18.2 Å². The molecule has 1 heterocycles. The first kappa shape index (κ1) is 20.5. The van der Waals surface area contributed by atoms with E-state index in [-0.39, 0.29) is 17.4 Å². The smallest absolute Gasteiger partial charge is 0.306 e. The molecular weight excluding hydrogens is 373 g/mol. The van der Waals surface area contributed by atoms with Gasteiger partial charge in [-0.25, -0.2) is 4.39 Å². The topological polar surface area (TPSA) is 79.5 Å². The molecule has 0 amide bonds. The summed E-state index contributed by atoms with van der Waals surface area (Å²) in [6.45, 7) is 3.77. The molecule has 0 aliphatic heterocycles. The second-order valence-corrected chi connectivity index (χ2v) is 7.11. The molecule has 2 aromatic carbocycles. The van der Waals surface area contributed by atoms with Gasteiger partial charge in [-0.15, -0.1) is 0 Å². The Morgan fingerprint density at radius 3 is 2.31 bits per heavy atom. The first-order valence-electron chi connectivity index (χ1n) is 9.31. The number of hydrogen-bond donors (Lipinski definition) is 2. The fraction of sp³-hybridized carbons (Fsp3) is 0.217. The summed E-state index contributed by atoms with van der Waals surface area (Å²) in [5.74, 6) is -1.50. The van der Waals surface area contributed by atoms with E-state index in [1.54, 1.807) is 47.0 Å². The molecule has 5 nitrogen and oxygen atoms in total. The average Bonchev–Trinajstić information content (AvgIpc) is 2.67. The number of carbonyl (C=O) groups is 1. The molecule has 1 unspecified atom stereocenters. The average molecular weight is 395 g/mol. The fourth-order valence-electron chi connectivity index (χ4n) is 3.41. The molecule has 2 N–H and O–H groups in total. The highest BCUT2D eigenvalue weighted by Gasteiger charge is 2.19. The SMILES string of the molecule is CC(C)n1c(-c2ccc(F)cc2)c(/C=C/C(O)CC(=O)O)c2ccccc2c1=O. The summed E-state index contributed by atoms with van der Waals surface area (Å²) < 4.78 is 15.1. The number of benzene rings is 2. The number of aliphatic carboxylic acids is 1. The Balaban J connectivity index is 2.36. The van der Waals surface area contributed by atoms with Crippen molar-refractivity contribution in [1.82, 2.24) is 4.57 Å². The van der Waals surface area contributed by atoms with E-state index >= 15 is 0 Å². The normalized spacial score (nSPS) is 12.7. The number of hydrogen-bond acceptors (Lipinski definition) is 3. The van der Waals surface area contributed by atoms with Crippen LogP contribution in [0.1, 0.15) is 31.9 Å². The van der Waals surface area contributed by atoms with Crippen molar-refractivity contribution in [3.05, 3.63) is 76.3 Å². The summed E-state index contributed by atoms with van der Waals surface area (Å²) in [5, 5.41) is 20.1. The van der Waals surface area contributed by atoms with Gasteiger partial charge in [0.2, 0.25) is 0 Å². The molecule has 1 atom stereocenters. The number of fused-ring (bicyclic) bond motifs is 1. The summed E-state index contributed by atoms with van der Waals surface area (Å²) in [7, 11) is 0. The van der Waals surface area contributed by atoms with Crippen LogP contribution in [-0.4, -0.2) is 26.9 Å². The molecule has 3 rings (SSSR count). The molecule has 1 aromatic heterocycles. The van der Waals surface area contributed by atoms with Gasteiger partial charge >= 0.3 is 5.97 Å². The van der Waals surface area contributed by atoms with Crippen molar-refractivity contribution < 1.29 is 19.4 Å². The Labute approximate surface area is 167 Å². The highest BCUT2D eigenvalue weighted by molar-refractivity contribution is 5.95. The molecule has 150 valence electrons. The lowest BCUT2D eigenvalue weighted by Crippen LogP contribution is -2.25. The molecule has 29 heavy (non-hydrogen) atoms. The van der Waals surface area contributed by atoms with Crippen LogP contribution < -0.4 is 5.56 Å². The van der Waals surface area contributed by atoms with Crippen LogP contribution in [0.15, 0.2) is 59.4 Å². The Morgan fingerprint density at radius 1 is 1.10 bits per heavy atom. The van der Waals surface area contributed by atoms with E-state index in [2.05, 4.69) is 0 Å². The lowest BCUT2D eigenvalue weighted by molar-refractivity contribution is -0.138. The molecule has 6 heteroatoms. The van der Waals surface area contributed by atoms with Gasteiger partial charge in [0.1, 0.15) is 5.82 Å². The summed E-state index contributed by atoms with van der Waals surface area (Å²) in [4.78, 5) is 24.1. The Hall–Kier alpha value is -3.25.